The molecule has 0 saturated heterocycles. The normalized spacial score (nSPS) is 18.9. The van der Waals surface area contributed by atoms with Gasteiger partial charge in [-0.1, -0.05) is 34.1 Å². The number of hydrogen-bond acceptors (Lipinski definition) is 4. The van der Waals surface area contributed by atoms with Crippen LogP contribution in [0.4, 0.5) is 4.39 Å². The lowest BCUT2D eigenvalue weighted by Gasteiger charge is -2.25. The summed E-state index contributed by atoms with van der Waals surface area (Å²) in [6.07, 6.45) is 0. The van der Waals surface area contributed by atoms with Gasteiger partial charge in [0.25, 0.3) is 0 Å². The number of nitrogens with zero attached hydrogens (tertiary/aromatic N) is 1. The molecule has 0 aliphatic heterocycles. The Morgan fingerprint density at radius 1 is 1.29 bits per heavy atom. The minimum Gasteiger partial charge on any atom is -0.466 e. The highest BCUT2D eigenvalue weighted by Gasteiger charge is 2.50. The number of methoxy groups -OCH3 is 1. The van der Waals surface area contributed by atoms with E-state index in [9.17, 15) is 14.4 Å². The molecule has 2 aromatic rings. The molecule has 0 saturated carbocycles. The van der Waals surface area contributed by atoms with E-state index in [1.165, 1.54) is 31.4 Å². The number of benzene rings is 2. The van der Waals surface area contributed by atoms with E-state index >= 15 is 0 Å². The lowest BCUT2D eigenvalue weighted by Crippen LogP contribution is -2.31. The van der Waals surface area contributed by atoms with E-state index in [1.54, 1.807) is 18.2 Å². The van der Waals surface area contributed by atoms with Gasteiger partial charge in [-0.25, -0.2) is 9.18 Å². The van der Waals surface area contributed by atoms with Gasteiger partial charge in [0, 0.05) is 10.0 Å². The van der Waals surface area contributed by atoms with E-state index in [-0.39, 0.29) is 11.3 Å². The Kier molecular flexibility index (Phi) is 3.90. The fraction of sp³-hybridized carbons (Fsp3) is 0.111. The fourth-order valence-corrected chi connectivity index (χ4v) is 3.44. The van der Waals surface area contributed by atoms with Gasteiger partial charge in [0.1, 0.15) is 11.2 Å². The SMILES string of the molecule is COC(=O)C1=C(N)c2cc(Br)ccc2C1(C#N)c1ccc(F)cc1. The third kappa shape index (κ3) is 2.13. The van der Waals surface area contributed by atoms with Gasteiger partial charge in [0.2, 0.25) is 0 Å². The number of carbonyl (C=O) groups excluding carboxylic acids is 1. The number of fused-ring (bicyclic) bond motifs is 1. The van der Waals surface area contributed by atoms with Crippen LogP contribution in [0.3, 0.4) is 0 Å². The number of rotatable bonds is 2. The van der Waals surface area contributed by atoms with Crippen LogP contribution < -0.4 is 5.73 Å². The summed E-state index contributed by atoms with van der Waals surface area (Å²) in [5.74, 6) is -1.12. The van der Waals surface area contributed by atoms with Crippen molar-refractivity contribution in [2.75, 3.05) is 7.11 Å². The molecule has 0 fully saturated rings. The zero-order chi connectivity index (χ0) is 17.5. The Hall–Kier alpha value is -2.65. The van der Waals surface area contributed by atoms with Gasteiger partial charge in [0.15, 0.2) is 0 Å². The summed E-state index contributed by atoms with van der Waals surface area (Å²) in [6.45, 7) is 0. The number of carbonyl (C=O) groups is 1. The molecule has 0 heterocycles. The number of hydrogen-bond donors (Lipinski definition) is 1. The molecule has 120 valence electrons. The molecule has 0 spiro atoms. The van der Waals surface area contributed by atoms with Crippen LogP contribution in [0.5, 0.6) is 0 Å². The maximum atomic E-state index is 13.3. The predicted octanol–water partition coefficient (Wildman–Crippen LogP) is 3.25. The van der Waals surface area contributed by atoms with Crippen LogP contribution in [0.2, 0.25) is 0 Å². The predicted molar refractivity (Wildman–Crippen MR) is 90.1 cm³/mol. The van der Waals surface area contributed by atoms with Gasteiger partial charge in [-0.15, -0.1) is 0 Å². The summed E-state index contributed by atoms with van der Waals surface area (Å²) in [5.41, 5.74) is 6.58. The maximum absolute atomic E-state index is 13.3. The molecule has 3 rings (SSSR count). The molecular weight excluding hydrogens is 375 g/mol. The summed E-state index contributed by atoms with van der Waals surface area (Å²) >= 11 is 3.36. The molecule has 4 nitrogen and oxygen atoms in total. The Labute approximate surface area is 146 Å². The zero-order valence-electron chi connectivity index (χ0n) is 12.6. The smallest absolute Gasteiger partial charge is 0.338 e. The van der Waals surface area contributed by atoms with Crippen LogP contribution in [-0.2, 0) is 14.9 Å². The van der Waals surface area contributed by atoms with Gasteiger partial charge in [-0.3, -0.25) is 0 Å². The van der Waals surface area contributed by atoms with Crippen LogP contribution in [0.15, 0.2) is 52.5 Å². The van der Waals surface area contributed by atoms with E-state index in [0.717, 1.165) is 4.47 Å². The number of nitriles is 1. The van der Waals surface area contributed by atoms with Crippen molar-refractivity contribution in [1.82, 2.24) is 0 Å². The molecule has 1 aliphatic carbocycles. The fourth-order valence-electron chi connectivity index (χ4n) is 3.08. The standard InChI is InChI=1S/C18H12BrFN2O2/c1-24-17(23)15-16(22)13-8-11(19)4-7-14(13)18(15,9-21)10-2-5-12(20)6-3-10/h2-8H,22H2,1H3. The molecule has 2 aromatic carbocycles. The first-order valence-electron chi connectivity index (χ1n) is 7.02. The quantitative estimate of drug-likeness (QED) is 0.803. The van der Waals surface area contributed by atoms with E-state index in [1.807, 2.05) is 0 Å². The second-order valence-electron chi connectivity index (χ2n) is 5.34. The van der Waals surface area contributed by atoms with Crippen LogP contribution >= 0.6 is 15.9 Å². The van der Waals surface area contributed by atoms with Crippen molar-refractivity contribution in [2.45, 2.75) is 5.41 Å². The molecule has 0 amide bonds. The molecule has 1 unspecified atom stereocenters. The van der Waals surface area contributed by atoms with Crippen molar-refractivity contribution in [3.63, 3.8) is 0 Å². The van der Waals surface area contributed by atoms with Gasteiger partial charge in [-0.2, -0.15) is 5.26 Å². The molecular formula is C18H12BrFN2O2. The summed E-state index contributed by atoms with van der Waals surface area (Å²) in [7, 11) is 1.23. The van der Waals surface area contributed by atoms with Crippen LogP contribution in [-0.4, -0.2) is 13.1 Å². The van der Waals surface area contributed by atoms with Crippen molar-refractivity contribution in [3.8, 4) is 6.07 Å². The van der Waals surface area contributed by atoms with Gasteiger partial charge in [-0.05, 0) is 35.4 Å². The van der Waals surface area contributed by atoms with Crippen molar-refractivity contribution in [2.24, 2.45) is 5.73 Å². The highest BCUT2D eigenvalue weighted by molar-refractivity contribution is 9.10. The lowest BCUT2D eigenvalue weighted by molar-refractivity contribution is -0.136. The summed E-state index contributed by atoms with van der Waals surface area (Å²) in [5, 5.41) is 10.0. The van der Waals surface area contributed by atoms with E-state index in [2.05, 4.69) is 22.0 Å². The average Bonchev–Trinajstić information content (AvgIpc) is 2.84. The van der Waals surface area contributed by atoms with Crippen molar-refractivity contribution < 1.29 is 13.9 Å². The monoisotopic (exact) mass is 386 g/mol. The molecule has 24 heavy (non-hydrogen) atoms. The first-order chi connectivity index (χ1) is 11.5. The van der Waals surface area contributed by atoms with Crippen molar-refractivity contribution in [3.05, 3.63) is 75.0 Å². The Morgan fingerprint density at radius 2 is 1.96 bits per heavy atom. The molecule has 0 radical (unpaired) electrons. The Bertz CT molecular complexity index is 916. The molecule has 0 bridgehead atoms. The highest BCUT2D eigenvalue weighted by Crippen LogP contribution is 2.49. The van der Waals surface area contributed by atoms with Crippen molar-refractivity contribution in [1.29, 1.82) is 5.26 Å². The molecule has 0 aromatic heterocycles. The van der Waals surface area contributed by atoms with Crippen molar-refractivity contribution >= 4 is 27.6 Å². The second-order valence-corrected chi connectivity index (χ2v) is 6.25. The average molecular weight is 387 g/mol. The topological polar surface area (TPSA) is 76.1 Å². The third-order valence-corrected chi connectivity index (χ3v) is 4.65. The van der Waals surface area contributed by atoms with Crippen LogP contribution in [0, 0.1) is 17.1 Å². The van der Waals surface area contributed by atoms with Gasteiger partial charge >= 0.3 is 5.97 Å². The number of nitrogens with two attached hydrogens (primary N) is 1. The molecule has 2 N–H and O–H groups in total. The summed E-state index contributed by atoms with van der Waals surface area (Å²) in [6, 6.07) is 12.9. The lowest BCUT2D eigenvalue weighted by atomic mass is 9.73. The summed E-state index contributed by atoms with van der Waals surface area (Å²) < 4.78 is 19.0. The van der Waals surface area contributed by atoms with E-state index in [0.29, 0.717) is 16.7 Å². The summed E-state index contributed by atoms with van der Waals surface area (Å²) in [4.78, 5) is 12.4. The first kappa shape index (κ1) is 16.2. The van der Waals surface area contributed by atoms with Crippen LogP contribution in [0.1, 0.15) is 16.7 Å². The number of esters is 1. The highest BCUT2D eigenvalue weighted by atomic mass is 79.9. The van der Waals surface area contributed by atoms with E-state index < -0.39 is 17.2 Å². The Balaban J connectivity index is 2.40. The van der Waals surface area contributed by atoms with Gasteiger partial charge in [0.05, 0.1) is 24.4 Å². The maximum Gasteiger partial charge on any atom is 0.338 e. The molecule has 1 atom stereocenters. The number of ether oxygens (including phenoxy) is 1. The first-order valence-corrected chi connectivity index (χ1v) is 7.81. The largest absolute Gasteiger partial charge is 0.466 e. The minimum absolute atomic E-state index is 0.0483. The number of halogens is 2. The zero-order valence-corrected chi connectivity index (χ0v) is 14.2. The third-order valence-electron chi connectivity index (χ3n) is 4.15. The minimum atomic E-state index is -1.44. The molecule has 1 aliphatic rings. The van der Waals surface area contributed by atoms with Crippen LogP contribution in [0.25, 0.3) is 5.70 Å². The van der Waals surface area contributed by atoms with E-state index in [4.69, 9.17) is 10.5 Å². The Morgan fingerprint density at radius 3 is 2.54 bits per heavy atom. The second kappa shape index (κ2) is 5.77. The molecule has 6 heteroatoms. The van der Waals surface area contributed by atoms with Gasteiger partial charge < -0.3 is 10.5 Å².